The van der Waals surface area contributed by atoms with Gasteiger partial charge >= 0.3 is 0 Å². The van der Waals surface area contributed by atoms with Gasteiger partial charge in [0.15, 0.2) is 11.3 Å². The van der Waals surface area contributed by atoms with Crippen molar-refractivity contribution in [3.05, 3.63) is 146 Å². The van der Waals surface area contributed by atoms with Crippen molar-refractivity contribution in [2.45, 2.75) is 19.6 Å². The smallest absolute Gasteiger partial charge is 0.188 e. The summed E-state index contributed by atoms with van der Waals surface area (Å²) in [5.41, 5.74) is 8.39. The van der Waals surface area contributed by atoms with E-state index in [-0.39, 0.29) is 20.1 Å². The van der Waals surface area contributed by atoms with Gasteiger partial charge < -0.3 is 14.0 Å². The summed E-state index contributed by atoms with van der Waals surface area (Å²) in [5, 5.41) is 3.53. The van der Waals surface area contributed by atoms with Gasteiger partial charge in [-0.15, -0.1) is 54.1 Å². The minimum atomic E-state index is -1.48. The van der Waals surface area contributed by atoms with Crippen LogP contribution >= 0.6 is 0 Å². The molecule has 0 spiro atoms. The summed E-state index contributed by atoms with van der Waals surface area (Å²) >= 11 is 0. The topological polar surface area (TPSA) is 69.6 Å². The van der Waals surface area contributed by atoms with Crippen LogP contribution in [0.15, 0.2) is 138 Å². The fraction of sp³-hybridized carbons (Fsp3) is 0.0732. The number of fused-ring (bicyclic) bond motifs is 5. The molecule has 0 aliphatic heterocycles. The van der Waals surface area contributed by atoms with Crippen LogP contribution in [-0.2, 0) is 20.1 Å². The largest absolute Gasteiger partial charge is 0.501 e. The maximum absolute atomic E-state index is 6.53. The van der Waals surface area contributed by atoms with E-state index in [0.717, 1.165) is 55.5 Å². The average molecular weight is 830 g/mol. The number of hydrogen-bond donors (Lipinski definition) is 0. The predicted octanol–water partition coefficient (Wildman–Crippen LogP) is 9.43. The second-order valence-corrected chi connectivity index (χ2v) is 17.7. The first-order valence-electron chi connectivity index (χ1n) is 15.9. The van der Waals surface area contributed by atoms with Crippen LogP contribution in [0.1, 0.15) is 0 Å². The number of imidazole rings is 1. The molecule has 241 valence electrons. The Morgan fingerprint density at radius 2 is 1.43 bits per heavy atom. The number of aromatic nitrogens is 5. The molecule has 0 saturated carbocycles. The summed E-state index contributed by atoms with van der Waals surface area (Å²) < 4.78 is 8.59. The molecule has 0 atom stereocenters. The Kier molecular flexibility index (Phi) is 8.78. The monoisotopic (exact) mass is 830 g/mol. The Morgan fingerprint density at radius 3 is 2.16 bits per heavy atom. The van der Waals surface area contributed by atoms with Gasteiger partial charge in [0.05, 0.1) is 30.5 Å². The van der Waals surface area contributed by atoms with Crippen LogP contribution in [0.25, 0.3) is 72.6 Å². The predicted molar refractivity (Wildman–Crippen MR) is 197 cm³/mol. The van der Waals surface area contributed by atoms with Gasteiger partial charge in [-0.2, -0.15) is 0 Å². The fourth-order valence-corrected chi connectivity index (χ4v) is 7.04. The molecule has 6 nitrogen and oxygen atoms in total. The molecule has 49 heavy (non-hydrogen) atoms. The summed E-state index contributed by atoms with van der Waals surface area (Å²) in [6.07, 6.45) is 1.79. The first-order chi connectivity index (χ1) is 23.4. The van der Waals surface area contributed by atoms with Crippen molar-refractivity contribution in [3.63, 3.8) is 0 Å². The summed E-state index contributed by atoms with van der Waals surface area (Å²) in [4.78, 5) is 19.0. The van der Waals surface area contributed by atoms with Crippen LogP contribution in [0.2, 0.25) is 19.6 Å². The summed E-state index contributed by atoms with van der Waals surface area (Å²) in [6.45, 7) is 7.05. The third-order valence-electron chi connectivity index (χ3n) is 8.36. The fourth-order valence-electron chi connectivity index (χ4n) is 5.90. The number of nitrogens with zero attached hydrogens (tertiary/aromatic N) is 5. The summed E-state index contributed by atoms with van der Waals surface area (Å²) in [6, 6.07) is 48.9. The Balaban J connectivity index is 0.000000246. The maximum Gasteiger partial charge on any atom is 0.188 e. The van der Waals surface area contributed by atoms with Crippen molar-refractivity contribution in [1.29, 1.82) is 0 Å². The van der Waals surface area contributed by atoms with E-state index in [4.69, 9.17) is 19.4 Å². The van der Waals surface area contributed by atoms with E-state index in [1.807, 2.05) is 91.0 Å². The van der Waals surface area contributed by atoms with Gasteiger partial charge in [-0.1, -0.05) is 90.4 Å². The van der Waals surface area contributed by atoms with E-state index in [1.54, 1.807) is 6.20 Å². The SMILES string of the molecule is C[Si](C)(C)c1ccc2c(c1)oc1c(-c3nc4nc5ccccc5nc4n3-c3ccccc3)[c-]ccc12.[Ir].[c-]1ccccc1-c1ccccn1. The Labute approximate surface area is 298 Å². The van der Waals surface area contributed by atoms with E-state index in [9.17, 15) is 0 Å². The van der Waals surface area contributed by atoms with Crippen molar-refractivity contribution in [2.75, 3.05) is 0 Å². The molecule has 0 bridgehead atoms. The Morgan fingerprint density at radius 1 is 0.673 bits per heavy atom. The standard InChI is InChI=1S/C30H23N4OSi.C11H8N.Ir/c1-36(2,3)20-16-17-21-22-12-9-13-23(27(22)35-26(21)18-20)29-33-28-30(34(29)19-10-5-4-6-11-19)32-25-15-8-7-14-24(25)31-28;1-2-6-10(7-3-1)11-8-4-5-9-12-11;/h4-12,14-18H,1-3H3;1-6,8-9H;/q2*-1;. The summed E-state index contributed by atoms with van der Waals surface area (Å²) in [7, 11) is -1.48. The Bertz CT molecular complexity index is 2510. The number of furan rings is 1. The molecule has 0 fully saturated rings. The van der Waals surface area contributed by atoms with Gasteiger partial charge in [0.25, 0.3) is 0 Å². The first kappa shape index (κ1) is 32.3. The molecular formula is C41H31IrN5OSi-2. The van der Waals surface area contributed by atoms with Crippen molar-refractivity contribution >= 4 is 57.5 Å². The molecule has 0 unspecified atom stereocenters. The zero-order valence-corrected chi connectivity index (χ0v) is 30.6. The molecule has 8 heteroatoms. The molecule has 0 aliphatic rings. The minimum absolute atomic E-state index is 0. The average Bonchev–Trinajstić information content (AvgIpc) is 3.69. The van der Waals surface area contributed by atoms with Crippen LogP contribution in [0.5, 0.6) is 0 Å². The maximum atomic E-state index is 6.53. The van der Waals surface area contributed by atoms with Crippen LogP contribution < -0.4 is 5.19 Å². The molecule has 0 amide bonds. The van der Waals surface area contributed by atoms with E-state index in [2.05, 4.69) is 77.7 Å². The van der Waals surface area contributed by atoms with Crippen LogP contribution in [0.4, 0.5) is 0 Å². The van der Waals surface area contributed by atoms with E-state index in [0.29, 0.717) is 17.1 Å². The summed E-state index contributed by atoms with van der Waals surface area (Å²) in [5.74, 6) is 0.710. The van der Waals surface area contributed by atoms with E-state index in [1.165, 1.54) is 5.19 Å². The first-order valence-corrected chi connectivity index (χ1v) is 19.4. The molecule has 0 N–H and O–H groups in total. The normalized spacial score (nSPS) is 11.4. The molecule has 4 aromatic heterocycles. The minimum Gasteiger partial charge on any atom is -0.501 e. The number of para-hydroxylation sites is 3. The molecule has 0 aliphatic carbocycles. The van der Waals surface area contributed by atoms with Gasteiger partial charge in [-0.3, -0.25) is 4.98 Å². The Hall–Kier alpha value is -5.27. The van der Waals surface area contributed by atoms with Crippen molar-refractivity contribution in [1.82, 2.24) is 24.5 Å². The zero-order valence-electron chi connectivity index (χ0n) is 27.2. The van der Waals surface area contributed by atoms with Crippen LogP contribution in [0, 0.1) is 12.1 Å². The van der Waals surface area contributed by atoms with Crippen LogP contribution in [0.3, 0.4) is 0 Å². The van der Waals surface area contributed by atoms with E-state index >= 15 is 0 Å². The van der Waals surface area contributed by atoms with Gasteiger partial charge in [0.2, 0.25) is 0 Å². The third kappa shape index (κ3) is 6.22. The van der Waals surface area contributed by atoms with E-state index < -0.39 is 8.07 Å². The zero-order chi connectivity index (χ0) is 32.7. The van der Waals surface area contributed by atoms with Gasteiger partial charge in [0, 0.05) is 37.4 Å². The van der Waals surface area contributed by atoms with Crippen molar-refractivity contribution in [2.24, 2.45) is 0 Å². The second kappa shape index (κ2) is 13.3. The third-order valence-corrected chi connectivity index (χ3v) is 10.4. The van der Waals surface area contributed by atoms with Crippen LogP contribution in [-0.4, -0.2) is 32.6 Å². The molecule has 4 heterocycles. The quantitative estimate of drug-likeness (QED) is 0.131. The second-order valence-electron chi connectivity index (χ2n) is 12.6. The van der Waals surface area contributed by atoms with Gasteiger partial charge in [-0.25, -0.2) is 9.97 Å². The van der Waals surface area contributed by atoms with Crippen molar-refractivity contribution < 1.29 is 24.5 Å². The number of benzene rings is 5. The molecular weight excluding hydrogens is 799 g/mol. The molecule has 5 aromatic carbocycles. The molecule has 0 saturated heterocycles. The molecule has 1 radical (unpaired) electrons. The van der Waals surface area contributed by atoms with Crippen molar-refractivity contribution in [3.8, 4) is 28.3 Å². The molecule has 9 rings (SSSR count). The van der Waals surface area contributed by atoms with Gasteiger partial charge in [0.1, 0.15) is 5.58 Å². The number of hydrogen-bond acceptors (Lipinski definition) is 5. The van der Waals surface area contributed by atoms with Gasteiger partial charge in [-0.05, 0) is 42.1 Å². The molecule has 9 aromatic rings. The number of pyridine rings is 1. The number of rotatable bonds is 4.